The molecule has 0 unspecified atom stereocenters. The quantitative estimate of drug-likeness (QED) is 0.599. The van der Waals surface area contributed by atoms with Gasteiger partial charge in [-0.2, -0.15) is 0 Å². The molecule has 3 rings (SSSR count). The van der Waals surface area contributed by atoms with E-state index in [9.17, 15) is 9.59 Å². The first-order chi connectivity index (χ1) is 13.4. The first-order valence-corrected chi connectivity index (χ1v) is 8.94. The van der Waals surface area contributed by atoms with E-state index in [0.29, 0.717) is 27.5 Å². The lowest BCUT2D eigenvalue weighted by Crippen LogP contribution is -2.22. The van der Waals surface area contributed by atoms with Crippen LogP contribution in [0.1, 0.15) is 11.1 Å². The Kier molecular flexibility index (Phi) is 6.06. The highest BCUT2D eigenvalue weighted by Gasteiger charge is 2.15. The van der Waals surface area contributed by atoms with Crippen LogP contribution in [0, 0.1) is 6.92 Å². The molecule has 0 aliphatic rings. The lowest BCUT2D eigenvalue weighted by molar-refractivity contribution is -0.146. The van der Waals surface area contributed by atoms with Gasteiger partial charge in [-0.3, -0.25) is 9.59 Å². The molecule has 0 atom stereocenters. The summed E-state index contributed by atoms with van der Waals surface area (Å²) in [6, 6.07) is 5.29. The lowest BCUT2D eigenvalue weighted by atomic mass is 10.1. The molecule has 0 saturated heterocycles. The van der Waals surface area contributed by atoms with Gasteiger partial charge in [0.2, 0.25) is 0 Å². The van der Waals surface area contributed by atoms with Gasteiger partial charge in [0.1, 0.15) is 11.3 Å². The Morgan fingerprint density at radius 2 is 2.07 bits per heavy atom. The van der Waals surface area contributed by atoms with Gasteiger partial charge in [-0.05, 0) is 24.6 Å². The number of carbonyl (C=O) groups excluding carboxylic acids is 2. The number of esters is 1. The molecule has 1 N–H and O–H groups in total. The minimum atomic E-state index is -0.569. The van der Waals surface area contributed by atoms with E-state index in [-0.39, 0.29) is 17.3 Å². The van der Waals surface area contributed by atoms with E-state index in [1.807, 2.05) is 0 Å². The van der Waals surface area contributed by atoms with E-state index in [2.05, 4.69) is 10.3 Å². The van der Waals surface area contributed by atoms with E-state index in [1.54, 1.807) is 32.2 Å². The van der Waals surface area contributed by atoms with E-state index >= 15 is 0 Å². The number of pyridine rings is 1. The van der Waals surface area contributed by atoms with E-state index in [1.165, 1.54) is 12.5 Å². The molecular formula is C19H16Cl2N2O5. The van der Waals surface area contributed by atoms with Crippen LogP contribution in [0.3, 0.4) is 0 Å². The molecule has 146 valence electrons. The molecule has 28 heavy (non-hydrogen) atoms. The van der Waals surface area contributed by atoms with E-state index < -0.39 is 18.5 Å². The molecular weight excluding hydrogens is 407 g/mol. The molecule has 9 heteroatoms. The Morgan fingerprint density at radius 3 is 2.82 bits per heavy atom. The summed E-state index contributed by atoms with van der Waals surface area (Å²) in [5.74, 6) is -0.331. The topological polar surface area (TPSA) is 90.7 Å². The molecule has 7 nitrogen and oxygen atoms in total. The van der Waals surface area contributed by atoms with Gasteiger partial charge in [-0.15, -0.1) is 0 Å². The molecule has 0 fully saturated rings. The molecule has 2 aromatic heterocycles. The van der Waals surface area contributed by atoms with E-state index in [4.69, 9.17) is 37.1 Å². The second-order valence-corrected chi connectivity index (χ2v) is 6.69. The van der Waals surface area contributed by atoms with Gasteiger partial charge in [-0.1, -0.05) is 23.2 Å². The Bertz CT molecular complexity index is 1050. The number of amides is 1. The number of hydrogen-bond donors (Lipinski definition) is 1. The number of hydrogen-bond acceptors (Lipinski definition) is 6. The Hall–Kier alpha value is -2.77. The monoisotopic (exact) mass is 422 g/mol. The van der Waals surface area contributed by atoms with Gasteiger partial charge in [0.25, 0.3) is 5.91 Å². The summed E-state index contributed by atoms with van der Waals surface area (Å²) in [5.41, 5.74) is 1.84. The summed E-state index contributed by atoms with van der Waals surface area (Å²) in [6.45, 7) is 1.23. The minimum Gasteiger partial charge on any atom is -0.497 e. The number of carbonyl (C=O) groups is 2. The first-order valence-electron chi connectivity index (χ1n) is 8.19. The van der Waals surface area contributed by atoms with Crippen molar-refractivity contribution in [1.29, 1.82) is 0 Å². The van der Waals surface area contributed by atoms with Crippen molar-refractivity contribution in [3.8, 4) is 5.75 Å². The van der Waals surface area contributed by atoms with Gasteiger partial charge >= 0.3 is 5.97 Å². The van der Waals surface area contributed by atoms with Gasteiger partial charge in [0, 0.05) is 23.2 Å². The lowest BCUT2D eigenvalue weighted by Gasteiger charge is -2.09. The Balaban J connectivity index is 1.57. The zero-order valence-corrected chi connectivity index (χ0v) is 16.6. The van der Waals surface area contributed by atoms with Crippen LogP contribution in [0.4, 0.5) is 5.82 Å². The molecule has 2 heterocycles. The number of benzene rings is 1. The van der Waals surface area contributed by atoms with Gasteiger partial charge in [0.15, 0.2) is 12.4 Å². The number of anilines is 1. The number of nitrogens with zero attached hydrogens (tertiary/aromatic N) is 1. The number of furan rings is 1. The van der Waals surface area contributed by atoms with Crippen LogP contribution in [0.2, 0.25) is 10.0 Å². The van der Waals surface area contributed by atoms with Crippen molar-refractivity contribution >= 4 is 51.9 Å². The number of methoxy groups -OCH3 is 1. The maximum Gasteiger partial charge on any atom is 0.310 e. The standard InChI is InChI=1S/C19H16Cl2N2O5/c1-10-14(20)7-22-19(18(10)21)23-16(24)9-28-17(25)5-11-8-27-15-6-12(26-2)3-4-13(11)15/h3-4,6-8H,5,9H2,1-2H3,(H,22,23,24). The minimum absolute atomic E-state index is 0.0360. The molecule has 0 radical (unpaired) electrons. The van der Waals surface area contributed by atoms with Crippen molar-refractivity contribution < 1.29 is 23.5 Å². The summed E-state index contributed by atoms with van der Waals surface area (Å²) in [5, 5.41) is 3.87. The van der Waals surface area contributed by atoms with Gasteiger partial charge in [0.05, 0.1) is 29.8 Å². The van der Waals surface area contributed by atoms with Crippen molar-refractivity contribution in [3.63, 3.8) is 0 Å². The third-order valence-electron chi connectivity index (χ3n) is 4.02. The number of halogens is 2. The van der Waals surface area contributed by atoms with E-state index in [0.717, 1.165) is 5.39 Å². The average molecular weight is 423 g/mol. The summed E-state index contributed by atoms with van der Waals surface area (Å²) in [6.07, 6.45) is 2.82. The summed E-state index contributed by atoms with van der Waals surface area (Å²) in [4.78, 5) is 28.0. The summed E-state index contributed by atoms with van der Waals surface area (Å²) in [7, 11) is 1.56. The molecule has 0 aliphatic heterocycles. The normalized spacial score (nSPS) is 10.7. The number of aromatic nitrogens is 1. The fourth-order valence-electron chi connectivity index (χ4n) is 2.49. The SMILES string of the molecule is COc1ccc2c(CC(=O)OCC(=O)Nc3ncc(Cl)c(C)c3Cl)coc2c1. The first kappa shape index (κ1) is 20.0. The molecule has 0 bridgehead atoms. The Morgan fingerprint density at radius 1 is 1.29 bits per heavy atom. The molecule has 0 aliphatic carbocycles. The number of nitrogens with one attached hydrogen (secondary N) is 1. The summed E-state index contributed by atoms with van der Waals surface area (Å²) < 4.78 is 15.6. The number of ether oxygens (including phenoxy) is 2. The van der Waals surface area contributed by atoms with Crippen molar-refractivity contribution in [2.24, 2.45) is 0 Å². The average Bonchev–Trinajstić information content (AvgIpc) is 3.08. The highest BCUT2D eigenvalue weighted by atomic mass is 35.5. The second kappa shape index (κ2) is 8.50. The van der Waals surface area contributed by atoms with Crippen molar-refractivity contribution in [2.45, 2.75) is 13.3 Å². The molecule has 3 aromatic rings. The van der Waals surface area contributed by atoms with Crippen LogP contribution in [-0.2, 0) is 20.7 Å². The number of rotatable bonds is 6. The van der Waals surface area contributed by atoms with Crippen LogP contribution in [0.5, 0.6) is 5.75 Å². The van der Waals surface area contributed by atoms with Crippen molar-refractivity contribution in [3.05, 3.63) is 51.8 Å². The maximum atomic E-state index is 12.1. The fraction of sp³-hybridized carbons (Fsp3) is 0.211. The zero-order valence-electron chi connectivity index (χ0n) is 15.0. The van der Waals surface area contributed by atoms with Crippen LogP contribution in [0.15, 0.2) is 35.1 Å². The number of fused-ring (bicyclic) bond motifs is 1. The largest absolute Gasteiger partial charge is 0.497 e. The molecule has 0 saturated carbocycles. The van der Waals surface area contributed by atoms with Crippen LogP contribution < -0.4 is 10.1 Å². The smallest absolute Gasteiger partial charge is 0.310 e. The fourth-order valence-corrected chi connectivity index (χ4v) is 2.88. The third-order valence-corrected chi connectivity index (χ3v) is 4.87. The van der Waals surface area contributed by atoms with Gasteiger partial charge in [-0.25, -0.2) is 4.98 Å². The van der Waals surface area contributed by atoms with Crippen LogP contribution >= 0.6 is 23.2 Å². The zero-order chi connectivity index (χ0) is 20.3. The predicted octanol–water partition coefficient (Wildman–Crippen LogP) is 4.18. The summed E-state index contributed by atoms with van der Waals surface area (Å²) >= 11 is 12.0. The van der Waals surface area contributed by atoms with Crippen LogP contribution in [0.25, 0.3) is 11.0 Å². The highest BCUT2D eigenvalue weighted by Crippen LogP contribution is 2.28. The van der Waals surface area contributed by atoms with Crippen LogP contribution in [-0.4, -0.2) is 30.6 Å². The van der Waals surface area contributed by atoms with Crippen molar-refractivity contribution in [1.82, 2.24) is 4.98 Å². The molecule has 1 amide bonds. The third kappa shape index (κ3) is 4.37. The molecule has 1 aromatic carbocycles. The molecule has 0 spiro atoms. The Labute approximate surface area is 170 Å². The van der Waals surface area contributed by atoms with Crippen molar-refractivity contribution in [2.75, 3.05) is 19.0 Å². The maximum absolute atomic E-state index is 12.1. The second-order valence-electron chi connectivity index (χ2n) is 5.90. The highest BCUT2D eigenvalue weighted by molar-refractivity contribution is 6.37. The van der Waals surface area contributed by atoms with Gasteiger partial charge < -0.3 is 19.2 Å². The predicted molar refractivity (Wildman–Crippen MR) is 105 cm³/mol.